The largest absolute Gasteiger partial charge is 0.469 e. The Morgan fingerprint density at radius 2 is 2.00 bits per heavy atom. The van der Waals surface area contributed by atoms with Gasteiger partial charge in [-0.15, -0.1) is 0 Å². The molecule has 142 valence electrons. The third kappa shape index (κ3) is 4.50. The zero-order chi connectivity index (χ0) is 18.8. The third-order valence-corrected chi connectivity index (χ3v) is 6.03. The molecule has 0 aromatic heterocycles. The molecule has 2 aliphatic rings. The number of carbonyl (C=O) groups is 2. The average molecular weight is 352 g/mol. The first-order valence-electron chi connectivity index (χ1n) is 9.25. The zero-order valence-electron chi connectivity index (χ0n) is 16.4. The number of esters is 1. The van der Waals surface area contributed by atoms with Crippen LogP contribution in [-0.2, 0) is 24.1 Å². The van der Waals surface area contributed by atoms with Gasteiger partial charge in [0.15, 0.2) is 5.78 Å². The lowest BCUT2D eigenvalue weighted by Gasteiger charge is -2.39. The van der Waals surface area contributed by atoms with Crippen LogP contribution in [0.25, 0.3) is 0 Å². The number of carbonyl (C=O) groups excluding carboxylic acids is 2. The van der Waals surface area contributed by atoms with E-state index in [4.69, 9.17) is 14.5 Å². The van der Waals surface area contributed by atoms with Crippen LogP contribution >= 0.6 is 0 Å². The summed E-state index contributed by atoms with van der Waals surface area (Å²) in [6.45, 7) is 10.2. The Morgan fingerprint density at radius 3 is 2.56 bits per heavy atom. The summed E-state index contributed by atoms with van der Waals surface area (Å²) in [7, 11) is 1.38. The van der Waals surface area contributed by atoms with Crippen LogP contribution in [0.2, 0.25) is 0 Å². The van der Waals surface area contributed by atoms with Gasteiger partial charge in [-0.1, -0.05) is 19.4 Å². The first-order valence-corrected chi connectivity index (χ1v) is 9.25. The number of Topliss-reactive ketones (excluding diaryl/α,β-unsaturated/α-hetero) is 1. The predicted molar refractivity (Wildman–Crippen MR) is 94.7 cm³/mol. The Labute approximate surface area is 151 Å². The van der Waals surface area contributed by atoms with Crippen LogP contribution in [0.1, 0.15) is 73.1 Å². The number of ether oxygens (including phenoxy) is 1. The van der Waals surface area contributed by atoms with E-state index < -0.39 is 5.60 Å². The monoisotopic (exact) mass is 352 g/mol. The highest BCUT2D eigenvalue weighted by Gasteiger charge is 2.39. The van der Waals surface area contributed by atoms with Crippen molar-refractivity contribution < 1.29 is 24.1 Å². The van der Waals surface area contributed by atoms with Crippen LogP contribution in [0.4, 0.5) is 0 Å². The van der Waals surface area contributed by atoms with Gasteiger partial charge in [0.1, 0.15) is 11.7 Å². The van der Waals surface area contributed by atoms with E-state index in [-0.39, 0.29) is 29.2 Å². The first-order chi connectivity index (χ1) is 11.6. The summed E-state index contributed by atoms with van der Waals surface area (Å²) in [4.78, 5) is 35.0. The molecule has 0 N–H and O–H groups in total. The summed E-state index contributed by atoms with van der Waals surface area (Å²) in [5.41, 5.74) is 1.84. The number of allylic oxidation sites excluding steroid dienone is 2. The second-order valence-electron chi connectivity index (χ2n) is 8.43. The molecule has 0 bridgehead atoms. The van der Waals surface area contributed by atoms with Gasteiger partial charge in [-0.05, 0) is 63.9 Å². The van der Waals surface area contributed by atoms with Crippen molar-refractivity contribution in [2.24, 2.45) is 11.3 Å². The molecule has 5 nitrogen and oxygen atoms in total. The van der Waals surface area contributed by atoms with Crippen LogP contribution in [0.5, 0.6) is 0 Å². The molecule has 25 heavy (non-hydrogen) atoms. The van der Waals surface area contributed by atoms with Crippen molar-refractivity contribution in [2.75, 3.05) is 7.11 Å². The van der Waals surface area contributed by atoms with Gasteiger partial charge in [0.25, 0.3) is 0 Å². The van der Waals surface area contributed by atoms with E-state index in [0.717, 1.165) is 37.7 Å². The maximum atomic E-state index is 12.1. The zero-order valence-corrected chi connectivity index (χ0v) is 16.4. The van der Waals surface area contributed by atoms with Crippen molar-refractivity contribution in [3.05, 3.63) is 11.1 Å². The quantitative estimate of drug-likeness (QED) is 0.549. The van der Waals surface area contributed by atoms with Gasteiger partial charge in [0, 0.05) is 6.42 Å². The van der Waals surface area contributed by atoms with Gasteiger partial charge in [0.05, 0.1) is 13.0 Å². The standard InChI is InChI=1S/C20H32O5/c1-13-15(19(3,4)10-8-16(13)21)7-11-20(5)12-9-17(24-25-20)14(2)18(22)23-6/h14,17H,7-12H2,1-6H3. The van der Waals surface area contributed by atoms with Crippen molar-refractivity contribution in [1.82, 2.24) is 0 Å². The normalized spacial score (nSPS) is 31.0. The van der Waals surface area contributed by atoms with E-state index in [2.05, 4.69) is 13.8 Å². The maximum Gasteiger partial charge on any atom is 0.311 e. The van der Waals surface area contributed by atoms with Crippen LogP contribution in [0.3, 0.4) is 0 Å². The summed E-state index contributed by atoms with van der Waals surface area (Å²) in [6, 6.07) is 0. The lowest BCUT2D eigenvalue weighted by molar-refractivity contribution is -0.411. The molecule has 1 fully saturated rings. The van der Waals surface area contributed by atoms with Crippen molar-refractivity contribution in [3.63, 3.8) is 0 Å². The third-order valence-electron chi connectivity index (χ3n) is 6.03. The fourth-order valence-corrected chi connectivity index (χ4v) is 3.91. The number of hydrogen-bond donors (Lipinski definition) is 0. The Bertz CT molecular complexity index is 552. The number of rotatable bonds is 5. The molecule has 3 atom stereocenters. The minimum atomic E-state index is -0.393. The van der Waals surface area contributed by atoms with E-state index in [9.17, 15) is 9.59 Å². The summed E-state index contributed by atoms with van der Waals surface area (Å²) in [5, 5.41) is 0. The van der Waals surface area contributed by atoms with Crippen molar-refractivity contribution in [3.8, 4) is 0 Å². The molecular formula is C20H32O5. The Hall–Kier alpha value is -1.20. The molecule has 5 heteroatoms. The molecule has 0 spiro atoms. The summed E-state index contributed by atoms with van der Waals surface area (Å²) in [6.07, 6.45) is 4.50. The number of ketones is 1. The minimum Gasteiger partial charge on any atom is -0.469 e. The smallest absolute Gasteiger partial charge is 0.311 e. The molecule has 0 saturated carbocycles. The van der Waals surface area contributed by atoms with E-state index in [1.807, 2.05) is 13.8 Å². The lowest BCUT2D eigenvalue weighted by Crippen LogP contribution is -2.42. The fraction of sp³-hybridized carbons (Fsp3) is 0.800. The SMILES string of the molecule is COC(=O)C(C)C1CCC(C)(CCC2=C(C)C(=O)CCC2(C)C)OO1. The molecule has 0 aromatic carbocycles. The van der Waals surface area contributed by atoms with E-state index >= 15 is 0 Å². The van der Waals surface area contributed by atoms with Crippen LogP contribution in [0, 0.1) is 11.3 Å². The Morgan fingerprint density at radius 1 is 1.32 bits per heavy atom. The summed E-state index contributed by atoms with van der Waals surface area (Å²) < 4.78 is 4.78. The number of hydrogen-bond acceptors (Lipinski definition) is 5. The van der Waals surface area contributed by atoms with E-state index in [1.165, 1.54) is 12.7 Å². The van der Waals surface area contributed by atoms with Gasteiger partial charge in [-0.3, -0.25) is 9.59 Å². The van der Waals surface area contributed by atoms with E-state index in [0.29, 0.717) is 6.42 Å². The lowest BCUT2D eigenvalue weighted by atomic mass is 9.70. The first kappa shape index (κ1) is 20.1. The van der Waals surface area contributed by atoms with Gasteiger partial charge in [-0.25, -0.2) is 9.78 Å². The van der Waals surface area contributed by atoms with Gasteiger partial charge in [-0.2, -0.15) is 0 Å². The fourth-order valence-electron chi connectivity index (χ4n) is 3.91. The molecule has 0 radical (unpaired) electrons. The highest BCUT2D eigenvalue weighted by atomic mass is 17.2. The molecule has 0 amide bonds. The minimum absolute atomic E-state index is 0.0613. The Balaban J connectivity index is 1.97. The average Bonchev–Trinajstić information content (AvgIpc) is 2.57. The molecular weight excluding hydrogens is 320 g/mol. The van der Waals surface area contributed by atoms with Gasteiger partial charge >= 0.3 is 5.97 Å². The van der Waals surface area contributed by atoms with Gasteiger partial charge in [0.2, 0.25) is 0 Å². The molecule has 2 rings (SSSR count). The highest BCUT2D eigenvalue weighted by molar-refractivity contribution is 5.96. The summed E-state index contributed by atoms with van der Waals surface area (Å²) >= 11 is 0. The summed E-state index contributed by atoms with van der Waals surface area (Å²) in [5.74, 6) is -0.345. The predicted octanol–water partition coefficient (Wildman–Crippen LogP) is 4.15. The molecule has 1 aliphatic heterocycles. The second kappa shape index (κ2) is 7.58. The molecule has 1 heterocycles. The van der Waals surface area contributed by atoms with Crippen LogP contribution in [-0.4, -0.2) is 30.6 Å². The van der Waals surface area contributed by atoms with Crippen LogP contribution in [0.15, 0.2) is 11.1 Å². The van der Waals surface area contributed by atoms with Crippen molar-refractivity contribution >= 4 is 11.8 Å². The van der Waals surface area contributed by atoms with Gasteiger partial charge < -0.3 is 4.74 Å². The molecule has 1 aliphatic carbocycles. The van der Waals surface area contributed by atoms with Crippen molar-refractivity contribution in [2.45, 2.75) is 84.8 Å². The second-order valence-corrected chi connectivity index (χ2v) is 8.43. The topological polar surface area (TPSA) is 61.8 Å². The molecule has 0 aromatic rings. The Kier molecular flexibility index (Phi) is 6.10. The highest BCUT2D eigenvalue weighted by Crippen LogP contribution is 2.43. The molecule has 3 unspecified atom stereocenters. The van der Waals surface area contributed by atoms with Crippen LogP contribution < -0.4 is 0 Å². The number of methoxy groups -OCH3 is 1. The van der Waals surface area contributed by atoms with Crippen molar-refractivity contribution in [1.29, 1.82) is 0 Å². The van der Waals surface area contributed by atoms with E-state index in [1.54, 1.807) is 6.92 Å². The molecule has 1 saturated heterocycles. The maximum absolute atomic E-state index is 12.1.